The molecule has 1 aromatic rings. The summed E-state index contributed by atoms with van der Waals surface area (Å²) in [5.74, 6) is -1.19. The first kappa shape index (κ1) is 13.6. The van der Waals surface area contributed by atoms with E-state index in [4.69, 9.17) is 5.11 Å². The number of benzene rings is 1. The number of carbonyl (C=O) groups excluding carboxylic acids is 1. The van der Waals surface area contributed by atoms with Crippen LogP contribution in [0.25, 0.3) is 0 Å². The van der Waals surface area contributed by atoms with Crippen LogP contribution in [-0.4, -0.2) is 23.0 Å². The molecule has 1 aliphatic rings. The summed E-state index contributed by atoms with van der Waals surface area (Å²) in [7, 11) is 0. The van der Waals surface area contributed by atoms with E-state index in [1.165, 1.54) is 0 Å². The molecule has 1 aliphatic carbocycles. The van der Waals surface area contributed by atoms with E-state index in [0.717, 1.165) is 18.4 Å². The Labute approximate surface area is 112 Å². The highest BCUT2D eigenvalue weighted by molar-refractivity contribution is 5.94. The summed E-state index contributed by atoms with van der Waals surface area (Å²) in [6.45, 7) is 1.97. The molecule has 1 aromatic carbocycles. The van der Waals surface area contributed by atoms with Gasteiger partial charge in [0, 0.05) is 11.6 Å². The Morgan fingerprint density at radius 1 is 1.21 bits per heavy atom. The van der Waals surface area contributed by atoms with Crippen molar-refractivity contribution in [3.8, 4) is 0 Å². The maximum absolute atomic E-state index is 12.0. The van der Waals surface area contributed by atoms with Crippen LogP contribution in [0.1, 0.15) is 41.6 Å². The van der Waals surface area contributed by atoms with Gasteiger partial charge in [0.15, 0.2) is 0 Å². The number of rotatable bonds is 3. The molecule has 0 heterocycles. The van der Waals surface area contributed by atoms with Gasteiger partial charge in [0.1, 0.15) is 0 Å². The topological polar surface area (TPSA) is 66.4 Å². The molecule has 2 atom stereocenters. The highest BCUT2D eigenvalue weighted by atomic mass is 16.4. The molecule has 0 aromatic heterocycles. The third-order valence-corrected chi connectivity index (χ3v) is 3.67. The van der Waals surface area contributed by atoms with Gasteiger partial charge in [-0.3, -0.25) is 9.59 Å². The maximum atomic E-state index is 12.0. The molecule has 2 rings (SSSR count). The van der Waals surface area contributed by atoms with E-state index >= 15 is 0 Å². The van der Waals surface area contributed by atoms with Gasteiger partial charge in [0.25, 0.3) is 5.91 Å². The van der Waals surface area contributed by atoms with E-state index in [2.05, 4.69) is 5.32 Å². The molecule has 2 unspecified atom stereocenters. The lowest BCUT2D eigenvalue weighted by atomic mass is 9.85. The first-order chi connectivity index (χ1) is 9.06. The second-order valence-corrected chi connectivity index (χ2v) is 5.24. The van der Waals surface area contributed by atoms with Gasteiger partial charge in [-0.15, -0.1) is 0 Å². The number of hydrogen-bond donors (Lipinski definition) is 2. The second-order valence-electron chi connectivity index (χ2n) is 5.24. The molecule has 0 saturated heterocycles. The van der Waals surface area contributed by atoms with Crippen molar-refractivity contribution in [2.75, 3.05) is 0 Å². The van der Waals surface area contributed by atoms with E-state index < -0.39 is 5.97 Å². The zero-order valence-electron chi connectivity index (χ0n) is 11.1. The molecular weight excluding hydrogens is 242 g/mol. The van der Waals surface area contributed by atoms with E-state index in [9.17, 15) is 9.59 Å². The van der Waals surface area contributed by atoms with Gasteiger partial charge in [-0.05, 0) is 38.3 Å². The van der Waals surface area contributed by atoms with Crippen molar-refractivity contribution in [3.05, 3.63) is 35.4 Å². The SMILES string of the molecule is Cc1ccc(C(=O)NC2CCCC(C(=O)O)C2)cc1. The van der Waals surface area contributed by atoms with Crippen LogP contribution in [0.15, 0.2) is 24.3 Å². The van der Waals surface area contributed by atoms with Gasteiger partial charge in [-0.25, -0.2) is 0 Å². The van der Waals surface area contributed by atoms with Crippen LogP contribution in [0.5, 0.6) is 0 Å². The van der Waals surface area contributed by atoms with Crippen molar-refractivity contribution in [1.82, 2.24) is 5.32 Å². The Balaban J connectivity index is 1.95. The maximum Gasteiger partial charge on any atom is 0.306 e. The van der Waals surface area contributed by atoms with E-state index in [1.807, 2.05) is 19.1 Å². The summed E-state index contributed by atoms with van der Waals surface area (Å²) in [5.41, 5.74) is 1.74. The standard InChI is InChI=1S/C15H19NO3/c1-10-5-7-11(8-6-10)14(17)16-13-4-2-3-12(9-13)15(18)19/h5-8,12-13H,2-4,9H2,1H3,(H,16,17)(H,18,19). The molecule has 0 radical (unpaired) electrons. The van der Waals surface area contributed by atoms with Crippen LogP contribution >= 0.6 is 0 Å². The Bertz CT molecular complexity index is 467. The summed E-state index contributed by atoms with van der Waals surface area (Å²) >= 11 is 0. The predicted molar refractivity (Wildman–Crippen MR) is 72.0 cm³/mol. The smallest absolute Gasteiger partial charge is 0.306 e. The van der Waals surface area contributed by atoms with Gasteiger partial charge in [0.05, 0.1) is 5.92 Å². The molecule has 1 fully saturated rings. The largest absolute Gasteiger partial charge is 0.481 e. The fourth-order valence-electron chi connectivity index (χ4n) is 2.52. The van der Waals surface area contributed by atoms with Crippen molar-refractivity contribution < 1.29 is 14.7 Å². The van der Waals surface area contributed by atoms with Crippen LogP contribution in [-0.2, 0) is 4.79 Å². The lowest BCUT2D eigenvalue weighted by Gasteiger charge is -2.27. The third kappa shape index (κ3) is 3.56. The molecular formula is C15H19NO3. The van der Waals surface area contributed by atoms with Crippen molar-refractivity contribution in [2.24, 2.45) is 5.92 Å². The minimum absolute atomic E-state index is 0.0244. The highest BCUT2D eigenvalue weighted by Gasteiger charge is 2.27. The monoisotopic (exact) mass is 261 g/mol. The van der Waals surface area contributed by atoms with Crippen LogP contribution < -0.4 is 5.32 Å². The number of amides is 1. The second kappa shape index (κ2) is 5.87. The van der Waals surface area contributed by atoms with Crippen molar-refractivity contribution >= 4 is 11.9 Å². The van der Waals surface area contributed by atoms with E-state index in [1.54, 1.807) is 12.1 Å². The highest BCUT2D eigenvalue weighted by Crippen LogP contribution is 2.24. The van der Waals surface area contributed by atoms with E-state index in [0.29, 0.717) is 18.4 Å². The van der Waals surface area contributed by atoms with Gasteiger partial charge < -0.3 is 10.4 Å². The Kier molecular flexibility index (Phi) is 4.20. The van der Waals surface area contributed by atoms with Crippen molar-refractivity contribution in [2.45, 2.75) is 38.6 Å². The molecule has 2 N–H and O–H groups in total. The molecule has 0 bridgehead atoms. The minimum Gasteiger partial charge on any atom is -0.481 e. The molecule has 102 valence electrons. The van der Waals surface area contributed by atoms with E-state index in [-0.39, 0.29) is 17.9 Å². The summed E-state index contributed by atoms with van der Waals surface area (Å²) in [6, 6.07) is 7.36. The third-order valence-electron chi connectivity index (χ3n) is 3.67. The van der Waals surface area contributed by atoms with Crippen LogP contribution in [0.2, 0.25) is 0 Å². The number of carbonyl (C=O) groups is 2. The number of aliphatic carboxylic acids is 1. The zero-order valence-corrected chi connectivity index (χ0v) is 11.1. The van der Waals surface area contributed by atoms with Crippen LogP contribution in [0, 0.1) is 12.8 Å². The summed E-state index contributed by atoms with van der Waals surface area (Å²) in [6.07, 6.45) is 2.97. The summed E-state index contributed by atoms with van der Waals surface area (Å²) in [4.78, 5) is 23.0. The number of nitrogens with one attached hydrogen (secondary N) is 1. The van der Waals surface area contributed by atoms with Crippen LogP contribution in [0.4, 0.5) is 0 Å². The summed E-state index contributed by atoms with van der Waals surface area (Å²) in [5, 5.41) is 12.0. The quantitative estimate of drug-likeness (QED) is 0.877. The molecule has 0 aliphatic heterocycles. The average Bonchev–Trinajstić information content (AvgIpc) is 2.39. The molecule has 0 spiro atoms. The molecule has 4 nitrogen and oxygen atoms in total. The Hall–Kier alpha value is -1.84. The number of carboxylic acids is 1. The van der Waals surface area contributed by atoms with Gasteiger partial charge in [0.2, 0.25) is 0 Å². The first-order valence-corrected chi connectivity index (χ1v) is 6.66. The Morgan fingerprint density at radius 3 is 2.53 bits per heavy atom. The van der Waals surface area contributed by atoms with Crippen molar-refractivity contribution in [3.63, 3.8) is 0 Å². The van der Waals surface area contributed by atoms with Crippen LogP contribution in [0.3, 0.4) is 0 Å². The number of aryl methyl sites for hydroxylation is 1. The normalized spacial score (nSPS) is 22.8. The minimum atomic E-state index is -0.755. The lowest BCUT2D eigenvalue weighted by Crippen LogP contribution is -2.39. The molecule has 1 amide bonds. The van der Waals surface area contributed by atoms with Gasteiger partial charge in [-0.2, -0.15) is 0 Å². The number of carboxylic acid groups (broad SMARTS) is 1. The zero-order chi connectivity index (χ0) is 13.8. The number of hydrogen-bond acceptors (Lipinski definition) is 2. The first-order valence-electron chi connectivity index (χ1n) is 6.66. The Morgan fingerprint density at radius 2 is 1.89 bits per heavy atom. The fourth-order valence-corrected chi connectivity index (χ4v) is 2.52. The molecule has 1 saturated carbocycles. The predicted octanol–water partition coefficient (Wildman–Crippen LogP) is 2.37. The van der Waals surface area contributed by atoms with Gasteiger partial charge >= 0.3 is 5.97 Å². The average molecular weight is 261 g/mol. The molecule has 4 heteroatoms. The van der Waals surface area contributed by atoms with Crippen molar-refractivity contribution in [1.29, 1.82) is 0 Å². The lowest BCUT2D eigenvalue weighted by molar-refractivity contribution is -0.143. The fraction of sp³-hybridized carbons (Fsp3) is 0.467. The summed E-state index contributed by atoms with van der Waals surface area (Å²) < 4.78 is 0. The molecule has 19 heavy (non-hydrogen) atoms. The van der Waals surface area contributed by atoms with Gasteiger partial charge in [-0.1, -0.05) is 24.1 Å².